The monoisotopic (exact) mass is 389 g/mol. The van der Waals surface area contributed by atoms with E-state index in [9.17, 15) is 9.59 Å². The van der Waals surface area contributed by atoms with Crippen LogP contribution in [0.15, 0.2) is 24.3 Å². The lowest BCUT2D eigenvalue weighted by Gasteiger charge is -2.28. The van der Waals surface area contributed by atoms with E-state index >= 15 is 0 Å². The predicted octanol–water partition coefficient (Wildman–Crippen LogP) is 3.60. The van der Waals surface area contributed by atoms with E-state index in [-0.39, 0.29) is 15.8 Å². The summed E-state index contributed by atoms with van der Waals surface area (Å²) in [6.07, 6.45) is -0.574. The quantitative estimate of drug-likeness (QED) is 0.633. The lowest BCUT2D eigenvalue weighted by Crippen LogP contribution is -2.47. The van der Waals surface area contributed by atoms with Crippen molar-refractivity contribution in [3.63, 3.8) is 0 Å². The molecule has 0 bridgehead atoms. The SMILES string of the molecule is Cc1ccc(COC(=O)NC(C(=O)I)C(C)(C)C)cc1. The fourth-order valence-corrected chi connectivity index (χ4v) is 2.70. The molecule has 1 unspecified atom stereocenters. The van der Waals surface area contributed by atoms with Gasteiger partial charge in [-0.15, -0.1) is 0 Å². The van der Waals surface area contributed by atoms with Gasteiger partial charge in [-0.05, 0) is 17.9 Å². The number of hydrogen-bond acceptors (Lipinski definition) is 3. The molecule has 1 rings (SSSR count). The molecule has 5 heteroatoms. The molecule has 20 heavy (non-hydrogen) atoms. The minimum Gasteiger partial charge on any atom is -0.445 e. The van der Waals surface area contributed by atoms with Crippen molar-refractivity contribution in [2.45, 2.75) is 40.3 Å². The molecule has 1 amide bonds. The summed E-state index contributed by atoms with van der Waals surface area (Å²) in [5.74, 6) is 0. The van der Waals surface area contributed by atoms with Gasteiger partial charge in [-0.25, -0.2) is 4.79 Å². The highest BCUT2D eigenvalue weighted by atomic mass is 127. The minimum absolute atomic E-state index is 0.109. The largest absolute Gasteiger partial charge is 0.445 e. The van der Waals surface area contributed by atoms with Gasteiger partial charge >= 0.3 is 6.09 Å². The van der Waals surface area contributed by atoms with Gasteiger partial charge in [0.05, 0.1) is 0 Å². The Kier molecular flexibility index (Phi) is 5.98. The van der Waals surface area contributed by atoms with E-state index in [0.717, 1.165) is 11.1 Å². The molecule has 110 valence electrons. The van der Waals surface area contributed by atoms with Crippen LogP contribution in [0.1, 0.15) is 31.9 Å². The van der Waals surface area contributed by atoms with Crippen LogP contribution in [0.25, 0.3) is 0 Å². The zero-order chi connectivity index (χ0) is 15.3. The maximum Gasteiger partial charge on any atom is 0.408 e. The Labute approximate surface area is 133 Å². The highest BCUT2D eigenvalue weighted by Crippen LogP contribution is 2.22. The van der Waals surface area contributed by atoms with Gasteiger partial charge in [0, 0.05) is 22.6 Å². The second-order valence-electron chi connectivity index (χ2n) is 5.81. The van der Waals surface area contributed by atoms with Gasteiger partial charge in [0.1, 0.15) is 12.6 Å². The highest BCUT2D eigenvalue weighted by Gasteiger charge is 2.31. The first-order valence-electron chi connectivity index (χ1n) is 6.38. The number of carbonyl (C=O) groups excluding carboxylic acids is 2. The van der Waals surface area contributed by atoms with Crippen LogP contribution in [0, 0.1) is 12.3 Å². The van der Waals surface area contributed by atoms with Crippen LogP contribution in [-0.4, -0.2) is 15.9 Å². The topological polar surface area (TPSA) is 55.4 Å². The Morgan fingerprint density at radius 1 is 1.25 bits per heavy atom. The fraction of sp³-hybridized carbons (Fsp3) is 0.467. The summed E-state index contributed by atoms with van der Waals surface area (Å²) in [5.41, 5.74) is 1.72. The number of rotatable bonds is 4. The normalized spacial score (nSPS) is 12.7. The van der Waals surface area contributed by atoms with Crippen molar-refractivity contribution >= 4 is 32.5 Å². The molecule has 0 saturated heterocycles. The average Bonchev–Trinajstić information content (AvgIpc) is 2.33. The van der Waals surface area contributed by atoms with Gasteiger partial charge in [0.2, 0.25) is 3.79 Å². The van der Waals surface area contributed by atoms with E-state index in [1.54, 1.807) is 22.6 Å². The maximum absolute atomic E-state index is 11.8. The Morgan fingerprint density at radius 2 is 1.80 bits per heavy atom. The molecule has 0 fully saturated rings. The molecule has 0 aliphatic heterocycles. The van der Waals surface area contributed by atoms with Crippen LogP contribution in [-0.2, 0) is 16.1 Å². The number of hydrogen-bond donors (Lipinski definition) is 1. The van der Waals surface area contributed by atoms with E-state index in [1.165, 1.54) is 0 Å². The smallest absolute Gasteiger partial charge is 0.408 e. The molecule has 4 nitrogen and oxygen atoms in total. The molecule has 1 aromatic carbocycles. The van der Waals surface area contributed by atoms with E-state index in [2.05, 4.69) is 5.32 Å². The molecule has 1 N–H and O–H groups in total. The summed E-state index contributed by atoms with van der Waals surface area (Å²) < 4.78 is 5.03. The lowest BCUT2D eigenvalue weighted by atomic mass is 9.88. The van der Waals surface area contributed by atoms with Gasteiger partial charge in [-0.2, -0.15) is 0 Å². The third kappa shape index (κ3) is 5.48. The number of nitrogens with one attached hydrogen (secondary N) is 1. The Morgan fingerprint density at radius 3 is 2.25 bits per heavy atom. The first-order valence-corrected chi connectivity index (χ1v) is 7.46. The van der Waals surface area contributed by atoms with Gasteiger partial charge in [-0.3, -0.25) is 4.79 Å². The predicted molar refractivity (Wildman–Crippen MR) is 86.8 cm³/mol. The first-order chi connectivity index (χ1) is 9.20. The van der Waals surface area contributed by atoms with Gasteiger partial charge in [0.15, 0.2) is 0 Å². The van der Waals surface area contributed by atoms with Crippen LogP contribution < -0.4 is 5.32 Å². The van der Waals surface area contributed by atoms with Gasteiger partial charge in [-0.1, -0.05) is 50.6 Å². The molecule has 0 radical (unpaired) electrons. The third-order valence-corrected chi connectivity index (χ3v) is 3.47. The summed E-state index contributed by atoms with van der Waals surface area (Å²) in [4.78, 5) is 23.3. The van der Waals surface area contributed by atoms with Crippen molar-refractivity contribution in [2.24, 2.45) is 5.41 Å². The molecule has 0 aliphatic carbocycles. The summed E-state index contributed by atoms with van der Waals surface area (Å²) in [6, 6.07) is 7.18. The highest BCUT2D eigenvalue weighted by molar-refractivity contribution is 14.1. The summed E-state index contributed by atoms with van der Waals surface area (Å²) in [6.45, 7) is 7.88. The number of amides is 1. The molecule has 0 aliphatic rings. The second kappa shape index (κ2) is 7.06. The zero-order valence-corrected chi connectivity index (χ0v) is 14.4. The Balaban J connectivity index is 2.54. The van der Waals surface area contributed by atoms with Crippen LogP contribution in [0.2, 0.25) is 0 Å². The molecule has 0 spiro atoms. The Hall–Kier alpha value is -1.11. The van der Waals surface area contributed by atoms with Gasteiger partial charge < -0.3 is 10.1 Å². The van der Waals surface area contributed by atoms with E-state index in [4.69, 9.17) is 4.74 Å². The van der Waals surface area contributed by atoms with Crippen LogP contribution in [0.3, 0.4) is 0 Å². The van der Waals surface area contributed by atoms with Crippen molar-refractivity contribution in [3.8, 4) is 0 Å². The van der Waals surface area contributed by atoms with E-state index < -0.39 is 12.1 Å². The van der Waals surface area contributed by atoms with Gasteiger partial charge in [0.25, 0.3) is 0 Å². The molecule has 0 saturated carbocycles. The van der Waals surface area contributed by atoms with Crippen molar-refractivity contribution in [1.29, 1.82) is 0 Å². The standard InChI is InChI=1S/C15H20INO3/c1-10-5-7-11(8-6-10)9-20-14(19)17-12(13(16)18)15(2,3)4/h5-8,12H,9H2,1-4H3,(H,17,19). The minimum atomic E-state index is -0.574. The lowest BCUT2D eigenvalue weighted by molar-refractivity contribution is -0.113. The molecular weight excluding hydrogens is 369 g/mol. The van der Waals surface area contributed by atoms with Crippen molar-refractivity contribution in [1.82, 2.24) is 5.32 Å². The summed E-state index contributed by atoms with van der Waals surface area (Å²) in [7, 11) is 0. The molecule has 0 heterocycles. The first kappa shape index (κ1) is 16.9. The molecule has 1 atom stereocenters. The maximum atomic E-state index is 11.8. The van der Waals surface area contributed by atoms with Crippen LogP contribution in [0.5, 0.6) is 0 Å². The average molecular weight is 389 g/mol. The third-order valence-electron chi connectivity index (χ3n) is 2.85. The summed E-state index contributed by atoms with van der Waals surface area (Å²) in [5, 5.41) is 2.62. The van der Waals surface area contributed by atoms with Crippen molar-refractivity contribution in [3.05, 3.63) is 35.4 Å². The van der Waals surface area contributed by atoms with E-state index in [1.807, 2.05) is 52.0 Å². The van der Waals surface area contributed by atoms with Crippen molar-refractivity contribution in [2.75, 3.05) is 0 Å². The van der Waals surface area contributed by atoms with Crippen LogP contribution >= 0.6 is 22.6 Å². The number of alkyl carbamates (subject to hydrolysis) is 1. The molecule has 0 aromatic heterocycles. The molecule has 1 aromatic rings. The molecular formula is C15H20INO3. The number of carbonyl (C=O) groups is 2. The van der Waals surface area contributed by atoms with E-state index in [0.29, 0.717) is 0 Å². The number of ether oxygens (including phenoxy) is 1. The fourth-order valence-electron chi connectivity index (χ4n) is 1.61. The number of benzene rings is 1. The summed E-state index contributed by atoms with van der Waals surface area (Å²) >= 11 is 1.70. The van der Waals surface area contributed by atoms with Crippen LogP contribution in [0.4, 0.5) is 4.79 Å². The second-order valence-corrected chi connectivity index (χ2v) is 6.87. The Bertz CT molecular complexity index is 477. The zero-order valence-electron chi connectivity index (χ0n) is 12.2. The van der Waals surface area contributed by atoms with Crippen molar-refractivity contribution < 1.29 is 14.3 Å². The number of aryl methyl sites for hydroxylation is 1. The number of halogens is 1.